The fourth-order valence-corrected chi connectivity index (χ4v) is 3.65. The predicted molar refractivity (Wildman–Crippen MR) is 90.0 cm³/mol. The molecule has 1 unspecified atom stereocenters. The van der Waals surface area contributed by atoms with E-state index in [9.17, 15) is 9.59 Å². The molecule has 6 heteroatoms. The Labute approximate surface area is 135 Å². The SMILES string of the molecule is CNC(=O)NC(=O)CCN1CCSCC1c1ccc(C)cc1. The van der Waals surface area contributed by atoms with Gasteiger partial charge in [0, 0.05) is 44.1 Å². The Morgan fingerprint density at radius 1 is 1.32 bits per heavy atom. The molecule has 1 heterocycles. The van der Waals surface area contributed by atoms with Gasteiger partial charge < -0.3 is 5.32 Å². The first-order valence-corrected chi connectivity index (χ1v) is 8.65. The summed E-state index contributed by atoms with van der Waals surface area (Å²) in [6.07, 6.45) is 0.334. The van der Waals surface area contributed by atoms with Crippen LogP contribution < -0.4 is 10.6 Å². The fraction of sp³-hybridized carbons (Fsp3) is 0.500. The average molecular weight is 321 g/mol. The molecule has 1 saturated heterocycles. The van der Waals surface area contributed by atoms with Crippen LogP contribution in [0.25, 0.3) is 0 Å². The van der Waals surface area contributed by atoms with Crippen LogP contribution in [-0.4, -0.2) is 48.5 Å². The molecule has 120 valence electrons. The van der Waals surface area contributed by atoms with Gasteiger partial charge in [-0.3, -0.25) is 15.0 Å². The third kappa shape index (κ3) is 4.74. The zero-order valence-corrected chi connectivity index (χ0v) is 13.9. The van der Waals surface area contributed by atoms with Crippen molar-refractivity contribution in [3.63, 3.8) is 0 Å². The second-order valence-corrected chi connectivity index (χ2v) is 6.56. The maximum absolute atomic E-state index is 11.7. The number of carbonyl (C=O) groups is 2. The highest BCUT2D eigenvalue weighted by atomic mass is 32.2. The molecule has 1 aliphatic rings. The van der Waals surface area contributed by atoms with Crippen molar-refractivity contribution in [2.24, 2.45) is 0 Å². The van der Waals surface area contributed by atoms with Crippen LogP contribution in [0.1, 0.15) is 23.6 Å². The average Bonchev–Trinajstić information content (AvgIpc) is 2.54. The maximum Gasteiger partial charge on any atom is 0.321 e. The van der Waals surface area contributed by atoms with Crippen LogP contribution in [0.5, 0.6) is 0 Å². The van der Waals surface area contributed by atoms with E-state index in [1.54, 1.807) is 0 Å². The monoisotopic (exact) mass is 321 g/mol. The van der Waals surface area contributed by atoms with Gasteiger partial charge in [0.15, 0.2) is 0 Å². The quantitative estimate of drug-likeness (QED) is 0.889. The summed E-state index contributed by atoms with van der Waals surface area (Å²) in [5, 5.41) is 4.70. The molecule has 1 aliphatic heterocycles. The van der Waals surface area contributed by atoms with E-state index < -0.39 is 6.03 Å². The molecule has 0 saturated carbocycles. The molecular formula is C16H23N3O2S. The van der Waals surface area contributed by atoms with Gasteiger partial charge in [-0.2, -0.15) is 11.8 Å². The Morgan fingerprint density at radius 2 is 2.05 bits per heavy atom. The number of hydrogen-bond donors (Lipinski definition) is 2. The standard InChI is InChI=1S/C16H23N3O2S/c1-12-3-5-13(6-4-12)14-11-22-10-9-19(14)8-7-15(20)18-16(21)17-2/h3-6,14H,7-11H2,1-2H3,(H2,17,18,20,21). The highest BCUT2D eigenvalue weighted by molar-refractivity contribution is 7.99. The number of nitrogens with zero attached hydrogens (tertiary/aromatic N) is 1. The number of carbonyl (C=O) groups excluding carboxylic acids is 2. The molecule has 1 aromatic carbocycles. The summed E-state index contributed by atoms with van der Waals surface area (Å²) in [7, 11) is 1.50. The van der Waals surface area contributed by atoms with Crippen molar-refractivity contribution in [1.29, 1.82) is 0 Å². The van der Waals surface area contributed by atoms with Crippen LogP contribution in [0.3, 0.4) is 0 Å². The molecular weight excluding hydrogens is 298 g/mol. The third-order valence-electron chi connectivity index (χ3n) is 3.81. The van der Waals surface area contributed by atoms with Crippen LogP contribution in [0.4, 0.5) is 4.79 Å². The first-order valence-electron chi connectivity index (χ1n) is 7.50. The van der Waals surface area contributed by atoms with Crippen molar-refractivity contribution in [3.8, 4) is 0 Å². The fourth-order valence-electron chi connectivity index (χ4n) is 2.50. The van der Waals surface area contributed by atoms with Gasteiger partial charge in [0.1, 0.15) is 0 Å². The van der Waals surface area contributed by atoms with Crippen LogP contribution in [0.15, 0.2) is 24.3 Å². The second-order valence-electron chi connectivity index (χ2n) is 5.41. The lowest BCUT2D eigenvalue weighted by atomic mass is 10.0. The first-order chi connectivity index (χ1) is 10.6. The van der Waals surface area contributed by atoms with Crippen molar-refractivity contribution >= 4 is 23.7 Å². The maximum atomic E-state index is 11.7. The van der Waals surface area contributed by atoms with Gasteiger partial charge >= 0.3 is 6.03 Å². The number of imide groups is 1. The number of rotatable bonds is 4. The molecule has 0 aromatic heterocycles. The zero-order valence-electron chi connectivity index (χ0n) is 13.1. The molecule has 0 spiro atoms. The van der Waals surface area contributed by atoms with E-state index >= 15 is 0 Å². The number of benzene rings is 1. The van der Waals surface area contributed by atoms with Gasteiger partial charge in [-0.25, -0.2) is 4.79 Å². The normalized spacial score (nSPS) is 18.7. The van der Waals surface area contributed by atoms with Crippen molar-refractivity contribution in [2.75, 3.05) is 31.6 Å². The minimum atomic E-state index is -0.450. The summed E-state index contributed by atoms with van der Waals surface area (Å²) in [5.41, 5.74) is 2.55. The molecule has 1 aromatic rings. The molecule has 0 radical (unpaired) electrons. The van der Waals surface area contributed by atoms with Crippen molar-refractivity contribution in [1.82, 2.24) is 15.5 Å². The van der Waals surface area contributed by atoms with E-state index in [2.05, 4.69) is 46.7 Å². The van der Waals surface area contributed by atoms with E-state index in [-0.39, 0.29) is 5.91 Å². The van der Waals surface area contributed by atoms with Crippen LogP contribution in [-0.2, 0) is 4.79 Å². The lowest BCUT2D eigenvalue weighted by molar-refractivity contribution is -0.120. The summed E-state index contributed by atoms with van der Waals surface area (Å²) in [6.45, 7) is 3.72. The predicted octanol–water partition coefficient (Wildman–Crippen LogP) is 1.93. The van der Waals surface area contributed by atoms with E-state index in [1.165, 1.54) is 18.2 Å². The van der Waals surface area contributed by atoms with E-state index in [0.29, 0.717) is 19.0 Å². The summed E-state index contributed by atoms with van der Waals surface area (Å²) < 4.78 is 0. The summed E-state index contributed by atoms with van der Waals surface area (Å²) in [6, 6.07) is 8.49. The number of hydrogen-bond acceptors (Lipinski definition) is 4. The molecule has 5 nitrogen and oxygen atoms in total. The Kier molecular flexibility index (Phi) is 6.27. The lowest BCUT2D eigenvalue weighted by Crippen LogP contribution is -2.41. The molecule has 1 atom stereocenters. The summed E-state index contributed by atoms with van der Waals surface area (Å²) >= 11 is 1.95. The second kappa shape index (κ2) is 8.19. The minimum Gasteiger partial charge on any atom is -0.341 e. The van der Waals surface area contributed by atoms with Crippen LogP contribution in [0.2, 0.25) is 0 Å². The third-order valence-corrected chi connectivity index (χ3v) is 4.83. The van der Waals surface area contributed by atoms with Gasteiger partial charge in [-0.15, -0.1) is 0 Å². The lowest BCUT2D eigenvalue weighted by Gasteiger charge is -2.35. The van der Waals surface area contributed by atoms with Crippen LogP contribution in [0, 0.1) is 6.92 Å². The van der Waals surface area contributed by atoms with Crippen molar-refractivity contribution < 1.29 is 9.59 Å². The van der Waals surface area contributed by atoms with Crippen molar-refractivity contribution in [3.05, 3.63) is 35.4 Å². The zero-order chi connectivity index (χ0) is 15.9. The number of aryl methyl sites for hydroxylation is 1. The highest BCUT2D eigenvalue weighted by Crippen LogP contribution is 2.29. The molecule has 0 aliphatic carbocycles. The minimum absolute atomic E-state index is 0.236. The first kappa shape index (κ1) is 16.8. The van der Waals surface area contributed by atoms with E-state index in [0.717, 1.165) is 18.1 Å². The largest absolute Gasteiger partial charge is 0.341 e. The van der Waals surface area contributed by atoms with Gasteiger partial charge in [-0.1, -0.05) is 29.8 Å². The van der Waals surface area contributed by atoms with Crippen molar-refractivity contribution in [2.45, 2.75) is 19.4 Å². The smallest absolute Gasteiger partial charge is 0.321 e. The summed E-state index contributed by atoms with van der Waals surface area (Å²) in [4.78, 5) is 25.2. The Hall–Kier alpha value is -1.53. The highest BCUT2D eigenvalue weighted by Gasteiger charge is 2.24. The van der Waals surface area contributed by atoms with Gasteiger partial charge in [0.2, 0.25) is 5.91 Å². The topological polar surface area (TPSA) is 61.4 Å². The number of amides is 3. The number of urea groups is 1. The molecule has 22 heavy (non-hydrogen) atoms. The molecule has 2 N–H and O–H groups in total. The van der Waals surface area contributed by atoms with Gasteiger partial charge in [0.05, 0.1) is 0 Å². The summed E-state index contributed by atoms with van der Waals surface area (Å²) in [5.74, 6) is 1.89. The van der Waals surface area contributed by atoms with Crippen LogP contribution >= 0.6 is 11.8 Å². The number of nitrogens with one attached hydrogen (secondary N) is 2. The van der Waals surface area contributed by atoms with E-state index in [1.807, 2.05) is 11.8 Å². The van der Waals surface area contributed by atoms with Gasteiger partial charge in [-0.05, 0) is 12.5 Å². The molecule has 1 fully saturated rings. The Balaban J connectivity index is 1.94. The van der Waals surface area contributed by atoms with Gasteiger partial charge in [0.25, 0.3) is 0 Å². The Morgan fingerprint density at radius 3 is 2.73 bits per heavy atom. The molecule has 3 amide bonds. The number of thioether (sulfide) groups is 1. The molecule has 2 rings (SSSR count). The van der Waals surface area contributed by atoms with E-state index in [4.69, 9.17) is 0 Å². The molecule has 0 bridgehead atoms. The Bertz CT molecular complexity index is 519.